The van der Waals surface area contributed by atoms with E-state index in [1.54, 1.807) is 6.92 Å². The van der Waals surface area contributed by atoms with Gasteiger partial charge in [0.15, 0.2) is 0 Å². The van der Waals surface area contributed by atoms with Crippen molar-refractivity contribution in [2.45, 2.75) is 112 Å². The molecule has 1 heterocycles. The molecule has 1 saturated heterocycles. The highest BCUT2D eigenvalue weighted by Gasteiger charge is 2.70. The number of nitrogens with one attached hydrogen (secondary N) is 1. The first kappa shape index (κ1) is 35.9. The molecule has 1 N–H and O–H groups in total. The van der Waals surface area contributed by atoms with Gasteiger partial charge < -0.3 is 15.0 Å². The molecule has 6 aliphatic rings. The van der Waals surface area contributed by atoms with Crippen LogP contribution >= 0.6 is 0 Å². The maximum atomic E-state index is 11.9. The number of benzene rings is 1. The minimum absolute atomic E-state index is 0.0694. The molecule has 5 aliphatic carbocycles. The Kier molecular flexibility index (Phi) is 9.27. The molecule has 7 rings (SSSR count). The van der Waals surface area contributed by atoms with E-state index in [0.29, 0.717) is 46.7 Å². The minimum atomic E-state index is 0.0694. The van der Waals surface area contributed by atoms with Crippen LogP contribution in [-0.2, 0) is 9.59 Å². The highest BCUT2D eigenvalue weighted by Crippen LogP contribution is 2.76. The van der Waals surface area contributed by atoms with Crippen molar-refractivity contribution in [1.82, 2.24) is 15.1 Å². The number of ether oxygens (including phenoxy) is 1. The van der Waals surface area contributed by atoms with E-state index in [9.17, 15) is 9.59 Å². The van der Waals surface area contributed by atoms with Gasteiger partial charge in [-0.1, -0.05) is 65.0 Å². The number of hydrogen-bond donors (Lipinski definition) is 1. The predicted octanol–water partition coefficient (Wildman–Crippen LogP) is 8.38. The van der Waals surface area contributed by atoms with Gasteiger partial charge in [-0.25, -0.2) is 0 Å². The molecule has 1 aliphatic heterocycles. The molecule has 1 aromatic carbocycles. The van der Waals surface area contributed by atoms with Crippen molar-refractivity contribution in [2.24, 2.45) is 51.2 Å². The van der Waals surface area contributed by atoms with E-state index >= 15 is 0 Å². The average molecular weight is 684 g/mol. The van der Waals surface area contributed by atoms with Crippen LogP contribution in [0.5, 0.6) is 5.75 Å². The number of fused-ring (bicyclic) bond motifs is 7. The first-order valence-electron chi connectivity index (χ1n) is 20.0. The molecule has 9 atom stereocenters. The third kappa shape index (κ3) is 5.47. The summed E-state index contributed by atoms with van der Waals surface area (Å²) in [4.78, 5) is 27.3. The van der Waals surface area contributed by atoms with Crippen molar-refractivity contribution in [3.8, 4) is 5.75 Å². The van der Waals surface area contributed by atoms with Crippen LogP contribution in [0.15, 0.2) is 42.5 Å². The Labute approximate surface area is 302 Å². The first-order valence-corrected chi connectivity index (χ1v) is 20.0. The zero-order chi connectivity index (χ0) is 35.7. The molecule has 4 saturated carbocycles. The molecule has 6 heteroatoms. The Morgan fingerprint density at radius 3 is 2.28 bits per heavy atom. The maximum absolute atomic E-state index is 11.9. The smallest absolute Gasteiger partial charge is 0.298 e. The Morgan fingerprint density at radius 2 is 1.62 bits per heavy atom. The predicted molar refractivity (Wildman–Crippen MR) is 202 cm³/mol. The Balaban J connectivity index is 1.12. The molecule has 50 heavy (non-hydrogen) atoms. The third-order valence-corrected chi connectivity index (χ3v) is 16.7. The van der Waals surface area contributed by atoms with Crippen LogP contribution in [-0.4, -0.2) is 67.0 Å². The molecule has 0 radical (unpaired) electrons. The van der Waals surface area contributed by atoms with E-state index < -0.39 is 0 Å². The molecule has 274 valence electrons. The third-order valence-electron chi connectivity index (χ3n) is 16.7. The van der Waals surface area contributed by atoms with E-state index in [1.807, 2.05) is 17.0 Å². The number of carbonyl (C=O) groups excluding carboxylic acids is 2. The number of piperazine rings is 1. The zero-order valence-corrected chi connectivity index (χ0v) is 32.3. The second-order valence-corrected chi connectivity index (χ2v) is 18.9. The summed E-state index contributed by atoms with van der Waals surface area (Å²) in [6.07, 6.45) is 14.2. The number of rotatable bonds is 8. The number of allylic oxidation sites excluding steroid dienone is 3. The van der Waals surface area contributed by atoms with Crippen molar-refractivity contribution in [3.05, 3.63) is 48.1 Å². The molecule has 0 bridgehead atoms. The molecule has 1 aromatic rings. The van der Waals surface area contributed by atoms with Gasteiger partial charge in [-0.2, -0.15) is 0 Å². The number of nitrogens with zero attached hydrogens (tertiary/aromatic N) is 2. The topological polar surface area (TPSA) is 61.9 Å². The summed E-state index contributed by atoms with van der Waals surface area (Å²) >= 11 is 0. The molecule has 1 amide bonds. The van der Waals surface area contributed by atoms with E-state index in [0.717, 1.165) is 51.6 Å². The van der Waals surface area contributed by atoms with Crippen molar-refractivity contribution < 1.29 is 14.3 Å². The van der Waals surface area contributed by atoms with Crippen LogP contribution in [0.1, 0.15) is 112 Å². The highest BCUT2D eigenvalue weighted by atomic mass is 16.5. The summed E-state index contributed by atoms with van der Waals surface area (Å²) in [7, 11) is 0. The standard InChI is InChI=1S/C44H65N3O3/c1-30(2)34-15-20-44(45-23-24-46-25-27-47(28-26-46)31(3)49)22-21-42(7)36(39(34)44)13-14-38-41(6)18-16-35(32-9-11-33(12-10-32)50-29-48)40(4,5)37(41)17-19-43(38,42)8/h9-12,16,29,34,36-39,45H,1,13-15,17-28H2,2-8H3/t34-,36+,37-,38+,39+,41-,42+,43+,44-/m0/s1. The van der Waals surface area contributed by atoms with Gasteiger partial charge in [-0.3, -0.25) is 14.5 Å². The zero-order valence-electron chi connectivity index (χ0n) is 32.3. The van der Waals surface area contributed by atoms with Crippen LogP contribution < -0.4 is 10.1 Å². The van der Waals surface area contributed by atoms with Gasteiger partial charge in [-0.15, -0.1) is 0 Å². The van der Waals surface area contributed by atoms with Crippen molar-refractivity contribution in [2.75, 3.05) is 39.3 Å². The van der Waals surface area contributed by atoms with E-state index in [4.69, 9.17) is 4.74 Å². The molecule has 6 nitrogen and oxygen atoms in total. The fraction of sp³-hybridized carbons (Fsp3) is 0.727. The maximum Gasteiger partial charge on any atom is 0.298 e. The van der Waals surface area contributed by atoms with E-state index in [1.165, 1.54) is 68.1 Å². The van der Waals surface area contributed by atoms with E-state index in [2.05, 4.69) is 76.5 Å². The van der Waals surface area contributed by atoms with Gasteiger partial charge in [0.2, 0.25) is 5.91 Å². The number of amides is 1. The molecule has 5 fully saturated rings. The minimum Gasteiger partial charge on any atom is -0.429 e. The van der Waals surface area contributed by atoms with Gasteiger partial charge >= 0.3 is 0 Å². The van der Waals surface area contributed by atoms with Gasteiger partial charge in [0.1, 0.15) is 5.75 Å². The summed E-state index contributed by atoms with van der Waals surface area (Å²) in [5.74, 6) is 4.17. The summed E-state index contributed by atoms with van der Waals surface area (Å²) in [6, 6.07) is 8.16. The van der Waals surface area contributed by atoms with E-state index in [-0.39, 0.29) is 22.3 Å². The van der Waals surface area contributed by atoms with Crippen molar-refractivity contribution in [1.29, 1.82) is 0 Å². The lowest BCUT2D eigenvalue weighted by Gasteiger charge is -2.72. The Hall–Kier alpha value is -2.44. The van der Waals surface area contributed by atoms with Crippen LogP contribution in [0.2, 0.25) is 0 Å². The quantitative estimate of drug-likeness (QED) is 0.220. The average Bonchev–Trinajstić information content (AvgIpc) is 3.46. The van der Waals surface area contributed by atoms with Gasteiger partial charge in [0, 0.05) is 51.7 Å². The Morgan fingerprint density at radius 1 is 0.900 bits per heavy atom. The summed E-state index contributed by atoms with van der Waals surface area (Å²) in [6.45, 7) is 28.1. The summed E-state index contributed by atoms with van der Waals surface area (Å²) in [5, 5.41) is 4.30. The van der Waals surface area contributed by atoms with Crippen LogP contribution in [0, 0.1) is 51.2 Å². The monoisotopic (exact) mass is 684 g/mol. The normalized spacial score (nSPS) is 40.8. The first-order chi connectivity index (χ1) is 23.7. The van der Waals surface area contributed by atoms with Crippen LogP contribution in [0.4, 0.5) is 0 Å². The largest absolute Gasteiger partial charge is 0.429 e. The molecule has 0 aromatic heterocycles. The second-order valence-electron chi connectivity index (χ2n) is 18.9. The molecular weight excluding hydrogens is 619 g/mol. The second kappa shape index (κ2) is 12.9. The number of hydrogen-bond acceptors (Lipinski definition) is 5. The summed E-state index contributed by atoms with van der Waals surface area (Å²) < 4.78 is 5.11. The lowest BCUT2D eigenvalue weighted by molar-refractivity contribution is -0.219. The lowest BCUT2D eigenvalue weighted by Crippen LogP contribution is -2.68. The Bertz CT molecular complexity index is 1510. The van der Waals surface area contributed by atoms with Gasteiger partial charge in [-0.05, 0) is 139 Å². The molecule has 0 spiro atoms. The SMILES string of the molecule is C=C(C)[C@@H]1CC[C@]2(NCCN3CCN(C(C)=O)CC3)CC[C@]3(C)[C@H](CC[C@@H]4[C@@]5(C)CC=C(c6ccc(OC=O)cc6)C(C)(C)[C@@H]5CC[C@]43C)[C@@H]12. The van der Waals surface area contributed by atoms with Gasteiger partial charge in [0.05, 0.1) is 0 Å². The fourth-order valence-electron chi connectivity index (χ4n) is 14.1. The van der Waals surface area contributed by atoms with Gasteiger partial charge in [0.25, 0.3) is 6.47 Å². The fourth-order valence-corrected chi connectivity index (χ4v) is 14.1. The molecular formula is C44H65N3O3. The van der Waals surface area contributed by atoms with Crippen LogP contribution in [0.25, 0.3) is 5.57 Å². The lowest BCUT2D eigenvalue weighted by atomic mass is 9.33. The highest BCUT2D eigenvalue weighted by molar-refractivity contribution is 5.73. The van der Waals surface area contributed by atoms with Crippen molar-refractivity contribution >= 4 is 18.0 Å². The van der Waals surface area contributed by atoms with Crippen LogP contribution in [0.3, 0.4) is 0 Å². The molecule has 0 unspecified atom stereocenters. The van der Waals surface area contributed by atoms with Crippen molar-refractivity contribution in [3.63, 3.8) is 0 Å². The number of carbonyl (C=O) groups is 2. The summed E-state index contributed by atoms with van der Waals surface area (Å²) in [5.41, 5.74) is 5.34.